The Bertz CT molecular complexity index is 1130. The Labute approximate surface area is 192 Å². The molecular weight excluding hydrogens is 416 g/mol. The number of carbonyl (C=O) groups excluding carboxylic acids is 2. The van der Waals surface area contributed by atoms with Crippen LogP contribution in [0.25, 0.3) is 0 Å². The largest absolute Gasteiger partial charge is 0.490 e. The van der Waals surface area contributed by atoms with Gasteiger partial charge in [-0.25, -0.2) is 0 Å². The van der Waals surface area contributed by atoms with E-state index in [-0.39, 0.29) is 40.9 Å². The van der Waals surface area contributed by atoms with E-state index in [1.807, 2.05) is 55.5 Å². The molecule has 2 saturated carbocycles. The van der Waals surface area contributed by atoms with E-state index < -0.39 is 0 Å². The zero-order chi connectivity index (χ0) is 22.6. The van der Waals surface area contributed by atoms with Crippen LogP contribution in [0.4, 0.5) is 0 Å². The van der Waals surface area contributed by atoms with Crippen molar-refractivity contribution >= 4 is 18.0 Å². The van der Waals surface area contributed by atoms with Crippen LogP contribution in [0.3, 0.4) is 0 Å². The summed E-state index contributed by atoms with van der Waals surface area (Å²) in [4.78, 5) is 26.2. The number of imide groups is 1. The van der Waals surface area contributed by atoms with Crippen LogP contribution in [0.2, 0.25) is 0 Å². The molecule has 3 fully saturated rings. The molecular formula is C27H26N2O4. The predicted molar refractivity (Wildman–Crippen MR) is 123 cm³/mol. The molecule has 6 nitrogen and oxygen atoms in total. The fourth-order valence-electron chi connectivity index (χ4n) is 6.03. The van der Waals surface area contributed by atoms with Gasteiger partial charge in [-0.2, -0.15) is 10.1 Å². The molecule has 4 aliphatic rings. The number of rotatable bonds is 7. The fourth-order valence-corrected chi connectivity index (χ4v) is 6.03. The number of nitrogens with zero attached hydrogens (tertiary/aromatic N) is 2. The first kappa shape index (κ1) is 20.2. The monoisotopic (exact) mass is 442 g/mol. The SMILES string of the molecule is CCOc1cc(/C=N\N2C(=O)[C@H]3[C@H](C2=O)[C@H]2C=C[C@H]3C23CC3)ccc1OCc1ccccc1. The van der Waals surface area contributed by atoms with Gasteiger partial charge in [-0.05, 0) is 66.3 Å². The molecule has 2 aromatic carbocycles. The highest BCUT2D eigenvalue weighted by Crippen LogP contribution is 2.73. The molecule has 6 heteroatoms. The first-order valence-corrected chi connectivity index (χ1v) is 11.7. The van der Waals surface area contributed by atoms with E-state index in [9.17, 15) is 9.59 Å². The average Bonchev–Trinajstić information content (AvgIpc) is 3.43. The molecule has 0 N–H and O–H groups in total. The molecule has 6 rings (SSSR count). The Morgan fingerprint density at radius 1 is 0.970 bits per heavy atom. The van der Waals surface area contributed by atoms with Gasteiger partial charge in [0.05, 0.1) is 24.7 Å². The zero-order valence-corrected chi connectivity index (χ0v) is 18.5. The van der Waals surface area contributed by atoms with E-state index in [1.54, 1.807) is 6.21 Å². The van der Waals surface area contributed by atoms with Gasteiger partial charge in [0.1, 0.15) is 6.61 Å². The van der Waals surface area contributed by atoms with Crippen LogP contribution in [0.5, 0.6) is 11.5 Å². The molecule has 0 aromatic heterocycles. The summed E-state index contributed by atoms with van der Waals surface area (Å²) in [5.74, 6) is 0.864. The third-order valence-corrected chi connectivity index (χ3v) is 7.66. The van der Waals surface area contributed by atoms with Crippen molar-refractivity contribution in [1.82, 2.24) is 5.01 Å². The molecule has 33 heavy (non-hydrogen) atoms. The molecule has 1 aliphatic heterocycles. The summed E-state index contributed by atoms with van der Waals surface area (Å²) in [6, 6.07) is 15.4. The number of allylic oxidation sites excluding steroid dienone is 2. The second kappa shape index (κ2) is 7.58. The fraction of sp³-hybridized carbons (Fsp3) is 0.370. The lowest BCUT2D eigenvalue weighted by Gasteiger charge is -2.18. The average molecular weight is 443 g/mol. The van der Waals surface area contributed by atoms with Gasteiger partial charge in [0, 0.05) is 0 Å². The van der Waals surface area contributed by atoms with Gasteiger partial charge in [0.15, 0.2) is 11.5 Å². The minimum absolute atomic E-state index is 0.155. The van der Waals surface area contributed by atoms with Crippen molar-refractivity contribution in [2.24, 2.45) is 34.2 Å². The second-order valence-electron chi connectivity index (χ2n) is 9.37. The lowest BCUT2D eigenvalue weighted by atomic mass is 9.85. The molecule has 2 bridgehead atoms. The smallest absolute Gasteiger partial charge is 0.254 e. The molecule has 4 atom stereocenters. The Morgan fingerprint density at radius 3 is 2.30 bits per heavy atom. The van der Waals surface area contributed by atoms with Crippen LogP contribution >= 0.6 is 0 Å². The van der Waals surface area contributed by atoms with Gasteiger partial charge in [-0.1, -0.05) is 42.5 Å². The summed E-state index contributed by atoms with van der Waals surface area (Å²) in [7, 11) is 0. The highest BCUT2D eigenvalue weighted by Gasteiger charge is 2.73. The van der Waals surface area contributed by atoms with Crippen LogP contribution in [-0.2, 0) is 16.2 Å². The number of carbonyl (C=O) groups is 2. The van der Waals surface area contributed by atoms with Crippen LogP contribution in [0.15, 0.2) is 65.8 Å². The van der Waals surface area contributed by atoms with Gasteiger partial charge in [-0.3, -0.25) is 9.59 Å². The molecule has 1 saturated heterocycles. The van der Waals surface area contributed by atoms with E-state index in [0.29, 0.717) is 24.7 Å². The first-order chi connectivity index (χ1) is 16.1. The van der Waals surface area contributed by atoms with Crippen molar-refractivity contribution in [3.63, 3.8) is 0 Å². The number of hydrazone groups is 1. The molecule has 2 amide bonds. The second-order valence-corrected chi connectivity index (χ2v) is 9.37. The summed E-state index contributed by atoms with van der Waals surface area (Å²) in [6.45, 7) is 2.84. The molecule has 0 radical (unpaired) electrons. The minimum Gasteiger partial charge on any atom is -0.490 e. The third kappa shape index (κ3) is 3.11. The van der Waals surface area contributed by atoms with Gasteiger partial charge >= 0.3 is 0 Å². The van der Waals surface area contributed by atoms with Gasteiger partial charge in [0.25, 0.3) is 11.8 Å². The van der Waals surface area contributed by atoms with Crippen molar-refractivity contribution < 1.29 is 19.1 Å². The van der Waals surface area contributed by atoms with Crippen molar-refractivity contribution in [2.45, 2.75) is 26.4 Å². The number of hydrogen-bond acceptors (Lipinski definition) is 5. The minimum atomic E-state index is -0.236. The predicted octanol–water partition coefficient (Wildman–Crippen LogP) is 4.20. The molecule has 0 unspecified atom stereocenters. The van der Waals surface area contributed by atoms with E-state index in [2.05, 4.69) is 17.3 Å². The topological polar surface area (TPSA) is 68.2 Å². The van der Waals surface area contributed by atoms with Gasteiger partial charge < -0.3 is 9.47 Å². The van der Waals surface area contributed by atoms with E-state index in [1.165, 1.54) is 0 Å². The number of amides is 2. The lowest BCUT2D eigenvalue weighted by Crippen LogP contribution is -2.30. The summed E-state index contributed by atoms with van der Waals surface area (Å²) < 4.78 is 11.7. The number of hydrogen-bond donors (Lipinski definition) is 0. The Morgan fingerprint density at radius 2 is 1.67 bits per heavy atom. The van der Waals surface area contributed by atoms with Crippen molar-refractivity contribution in [3.05, 3.63) is 71.8 Å². The molecule has 1 heterocycles. The standard InChI is InChI=1S/C27H26N2O4/c1-2-32-22-14-18(8-11-21(22)33-16-17-6-4-3-5-7-17)15-28-29-25(30)23-19-9-10-20(24(23)26(29)31)27(19)12-13-27/h3-11,14-15,19-20,23-24H,2,12-13,16H2,1H3/b28-15-/t19-,20-,23-,24-/m1/s1. The number of ether oxygens (including phenoxy) is 2. The lowest BCUT2D eigenvalue weighted by molar-refractivity contribution is -0.141. The van der Waals surface area contributed by atoms with Crippen molar-refractivity contribution in [2.75, 3.05) is 6.61 Å². The zero-order valence-electron chi connectivity index (χ0n) is 18.5. The normalized spacial score (nSPS) is 28.2. The summed E-state index contributed by atoms with van der Waals surface area (Å²) in [6.07, 6.45) is 8.15. The molecule has 3 aliphatic carbocycles. The molecule has 2 aromatic rings. The maximum Gasteiger partial charge on any atom is 0.254 e. The van der Waals surface area contributed by atoms with Crippen LogP contribution in [0, 0.1) is 29.1 Å². The number of benzene rings is 2. The highest BCUT2D eigenvalue weighted by molar-refractivity contribution is 6.07. The van der Waals surface area contributed by atoms with Gasteiger partial charge in [-0.15, -0.1) is 0 Å². The summed E-state index contributed by atoms with van der Waals surface area (Å²) in [5, 5.41) is 5.41. The Hall–Kier alpha value is -3.41. The number of fused-ring (bicyclic) bond motifs is 3. The summed E-state index contributed by atoms with van der Waals surface area (Å²) >= 11 is 0. The van der Waals surface area contributed by atoms with Crippen LogP contribution in [0.1, 0.15) is 30.9 Å². The van der Waals surface area contributed by atoms with Crippen LogP contribution < -0.4 is 9.47 Å². The molecule has 1 spiro atoms. The quantitative estimate of drug-likeness (QED) is 0.366. The maximum atomic E-state index is 13.1. The van der Waals surface area contributed by atoms with Crippen molar-refractivity contribution in [3.8, 4) is 11.5 Å². The van der Waals surface area contributed by atoms with E-state index in [0.717, 1.165) is 29.0 Å². The summed E-state index contributed by atoms with van der Waals surface area (Å²) in [5.41, 5.74) is 2.00. The third-order valence-electron chi connectivity index (χ3n) is 7.66. The maximum absolute atomic E-state index is 13.1. The van der Waals surface area contributed by atoms with E-state index in [4.69, 9.17) is 9.47 Å². The Balaban J connectivity index is 1.19. The van der Waals surface area contributed by atoms with Gasteiger partial charge in [0.2, 0.25) is 0 Å². The van der Waals surface area contributed by atoms with E-state index >= 15 is 0 Å². The first-order valence-electron chi connectivity index (χ1n) is 11.7. The Kier molecular flexibility index (Phi) is 4.64. The molecule has 168 valence electrons. The van der Waals surface area contributed by atoms with Crippen LogP contribution in [-0.4, -0.2) is 29.6 Å². The van der Waals surface area contributed by atoms with Crippen molar-refractivity contribution in [1.29, 1.82) is 0 Å². The highest BCUT2D eigenvalue weighted by atomic mass is 16.5.